The topological polar surface area (TPSA) is 84.2 Å². The molecule has 0 aliphatic heterocycles. The molecule has 1 rings (SSSR count). The summed E-state index contributed by atoms with van der Waals surface area (Å²) >= 11 is 0. The number of aliphatic hydroxyl groups excluding tert-OH is 4. The fourth-order valence-corrected chi connectivity index (χ4v) is 2.71. The Morgan fingerprint density at radius 3 is 1.84 bits per heavy atom. The lowest BCUT2D eigenvalue weighted by molar-refractivity contribution is -0.164. The molecule has 5 atom stereocenters. The lowest BCUT2D eigenvalue weighted by atomic mass is 9.84. The van der Waals surface area contributed by atoms with Crippen molar-refractivity contribution in [2.75, 3.05) is 13.1 Å². The van der Waals surface area contributed by atoms with Crippen molar-refractivity contribution in [1.29, 1.82) is 0 Å². The first-order chi connectivity index (χ1) is 9.02. The fraction of sp³-hybridized carbons (Fsp3) is 1.00. The molecule has 5 heteroatoms. The summed E-state index contributed by atoms with van der Waals surface area (Å²) in [5, 5.41) is 39.3. The molecule has 5 nitrogen and oxygen atoms in total. The van der Waals surface area contributed by atoms with Crippen LogP contribution in [0.1, 0.15) is 46.0 Å². The van der Waals surface area contributed by atoms with Crippen LogP contribution in [0, 0.1) is 0 Å². The molecule has 4 N–H and O–H groups in total. The third-order valence-corrected chi connectivity index (χ3v) is 4.04. The van der Waals surface area contributed by atoms with E-state index in [4.69, 9.17) is 0 Å². The van der Waals surface area contributed by atoms with E-state index in [0.29, 0.717) is 6.42 Å². The minimum Gasteiger partial charge on any atom is -0.390 e. The van der Waals surface area contributed by atoms with E-state index in [9.17, 15) is 20.4 Å². The summed E-state index contributed by atoms with van der Waals surface area (Å²) in [5.74, 6) is 0. The highest BCUT2D eigenvalue weighted by Gasteiger charge is 2.43. The van der Waals surface area contributed by atoms with Gasteiger partial charge >= 0.3 is 0 Å². The van der Waals surface area contributed by atoms with Crippen LogP contribution in [0.15, 0.2) is 0 Å². The first kappa shape index (κ1) is 16.9. The minimum absolute atomic E-state index is 0.272. The normalized spacial score (nSPS) is 35.8. The van der Waals surface area contributed by atoms with Crippen molar-refractivity contribution < 1.29 is 20.4 Å². The third-order valence-electron chi connectivity index (χ3n) is 4.04. The van der Waals surface area contributed by atoms with Gasteiger partial charge in [-0.2, -0.15) is 0 Å². The van der Waals surface area contributed by atoms with Gasteiger partial charge in [0.05, 0.1) is 12.2 Å². The Morgan fingerprint density at radius 1 is 0.842 bits per heavy atom. The molecule has 0 spiro atoms. The van der Waals surface area contributed by atoms with E-state index in [1.807, 2.05) is 0 Å². The van der Waals surface area contributed by atoms with Crippen LogP contribution in [0.4, 0.5) is 0 Å². The zero-order chi connectivity index (χ0) is 14.4. The lowest BCUT2D eigenvalue weighted by Crippen LogP contribution is -2.61. The fourth-order valence-electron chi connectivity index (χ4n) is 2.71. The monoisotopic (exact) mass is 275 g/mol. The molecule has 0 aromatic heterocycles. The van der Waals surface area contributed by atoms with Gasteiger partial charge in [-0.3, -0.25) is 4.90 Å². The minimum atomic E-state index is -1.26. The first-order valence-electron chi connectivity index (χ1n) is 7.49. The zero-order valence-electron chi connectivity index (χ0n) is 12.1. The average molecular weight is 275 g/mol. The number of hydrogen-bond donors (Lipinski definition) is 4. The molecule has 0 aromatic rings. The van der Waals surface area contributed by atoms with Crippen molar-refractivity contribution in [2.24, 2.45) is 0 Å². The number of unbranched alkanes of at least 4 members (excludes halogenated alkanes) is 2. The van der Waals surface area contributed by atoms with Crippen LogP contribution >= 0.6 is 0 Å². The quantitative estimate of drug-likeness (QED) is 0.530. The van der Waals surface area contributed by atoms with Gasteiger partial charge in [-0.25, -0.2) is 0 Å². The van der Waals surface area contributed by atoms with Crippen molar-refractivity contribution in [3.63, 3.8) is 0 Å². The summed E-state index contributed by atoms with van der Waals surface area (Å²) in [6.07, 6.45) is 0.0420. The molecular weight excluding hydrogens is 246 g/mol. The van der Waals surface area contributed by atoms with Crippen molar-refractivity contribution in [3.05, 3.63) is 0 Å². The molecule has 1 aliphatic carbocycles. The van der Waals surface area contributed by atoms with Gasteiger partial charge in [-0.15, -0.1) is 0 Å². The Bertz CT molecular complexity index is 244. The lowest BCUT2D eigenvalue weighted by Gasteiger charge is -2.43. The Hall–Kier alpha value is -0.200. The van der Waals surface area contributed by atoms with Crippen molar-refractivity contribution in [2.45, 2.75) is 76.4 Å². The molecule has 0 radical (unpaired) electrons. The van der Waals surface area contributed by atoms with Crippen LogP contribution in [0.2, 0.25) is 0 Å². The smallest absolute Gasteiger partial charge is 0.110 e. The second kappa shape index (κ2) is 8.17. The molecule has 0 saturated heterocycles. The molecular formula is C14H29NO4. The Kier molecular flexibility index (Phi) is 7.25. The maximum atomic E-state index is 10.1. The van der Waals surface area contributed by atoms with Crippen molar-refractivity contribution >= 4 is 0 Å². The van der Waals surface area contributed by atoms with E-state index in [0.717, 1.165) is 38.8 Å². The predicted molar refractivity (Wildman–Crippen MR) is 73.8 cm³/mol. The number of rotatable bonds is 7. The van der Waals surface area contributed by atoms with Gasteiger partial charge in [0.1, 0.15) is 12.2 Å². The standard InChI is InChI=1S/C14H29NO4/c1-3-5-7-15(8-6-4-2)10-9-11(16)13(18)14(19)12(10)17/h10-14,16-19H,3-9H2,1-2H3/t10-,11+,12-,13-,14-/m0/s1. The summed E-state index contributed by atoms with van der Waals surface area (Å²) in [5.41, 5.74) is 0. The summed E-state index contributed by atoms with van der Waals surface area (Å²) in [6.45, 7) is 5.94. The molecule has 1 aliphatic rings. The Balaban J connectivity index is 2.69. The van der Waals surface area contributed by atoms with E-state index in [-0.39, 0.29) is 6.04 Å². The number of aliphatic hydroxyl groups is 4. The second-order valence-corrected chi connectivity index (χ2v) is 5.59. The van der Waals surface area contributed by atoms with Crippen LogP contribution in [-0.2, 0) is 0 Å². The average Bonchev–Trinajstić information content (AvgIpc) is 2.41. The van der Waals surface area contributed by atoms with Crippen LogP contribution in [0.3, 0.4) is 0 Å². The molecule has 0 aromatic carbocycles. The molecule has 0 bridgehead atoms. The predicted octanol–water partition coefficient (Wildman–Crippen LogP) is 0.104. The highest BCUT2D eigenvalue weighted by molar-refractivity contribution is 4.97. The molecule has 1 fully saturated rings. The molecule has 1 saturated carbocycles. The van der Waals surface area contributed by atoms with Gasteiger partial charge in [-0.1, -0.05) is 26.7 Å². The van der Waals surface area contributed by atoms with Crippen LogP contribution in [-0.4, -0.2) is 68.9 Å². The summed E-state index contributed by atoms with van der Waals surface area (Å²) < 4.78 is 0. The maximum Gasteiger partial charge on any atom is 0.110 e. The van der Waals surface area contributed by atoms with E-state index in [1.54, 1.807) is 0 Å². The maximum absolute atomic E-state index is 10.1. The SMILES string of the molecule is CCCCN(CCCC)[C@H]1C[C@@H](O)[C@H](O)[C@@H](O)[C@H]1O. The molecule has 0 heterocycles. The largest absolute Gasteiger partial charge is 0.390 e. The van der Waals surface area contributed by atoms with Gasteiger partial charge in [-0.05, 0) is 32.4 Å². The van der Waals surface area contributed by atoms with E-state index in [1.165, 1.54) is 0 Å². The first-order valence-corrected chi connectivity index (χ1v) is 7.49. The number of nitrogens with zero attached hydrogens (tertiary/aromatic N) is 1. The highest BCUT2D eigenvalue weighted by atomic mass is 16.4. The molecule has 0 amide bonds. The van der Waals surface area contributed by atoms with Crippen molar-refractivity contribution in [3.8, 4) is 0 Å². The van der Waals surface area contributed by atoms with Crippen LogP contribution < -0.4 is 0 Å². The second-order valence-electron chi connectivity index (χ2n) is 5.59. The van der Waals surface area contributed by atoms with Crippen LogP contribution in [0.25, 0.3) is 0 Å². The van der Waals surface area contributed by atoms with E-state index < -0.39 is 24.4 Å². The van der Waals surface area contributed by atoms with Crippen LogP contribution in [0.5, 0.6) is 0 Å². The molecule has 114 valence electrons. The number of hydrogen-bond acceptors (Lipinski definition) is 5. The van der Waals surface area contributed by atoms with Crippen molar-refractivity contribution in [1.82, 2.24) is 4.90 Å². The highest BCUT2D eigenvalue weighted by Crippen LogP contribution is 2.25. The van der Waals surface area contributed by atoms with Gasteiger partial charge in [0.2, 0.25) is 0 Å². The Morgan fingerprint density at radius 2 is 1.37 bits per heavy atom. The third kappa shape index (κ3) is 4.39. The summed E-state index contributed by atoms with van der Waals surface area (Å²) in [4.78, 5) is 2.15. The zero-order valence-corrected chi connectivity index (χ0v) is 12.1. The van der Waals surface area contributed by atoms with Gasteiger partial charge in [0, 0.05) is 6.04 Å². The molecule has 19 heavy (non-hydrogen) atoms. The van der Waals surface area contributed by atoms with E-state index >= 15 is 0 Å². The van der Waals surface area contributed by atoms with Gasteiger partial charge in [0.25, 0.3) is 0 Å². The van der Waals surface area contributed by atoms with Gasteiger partial charge in [0.15, 0.2) is 0 Å². The summed E-state index contributed by atoms with van der Waals surface area (Å²) in [6, 6.07) is -0.272. The summed E-state index contributed by atoms with van der Waals surface area (Å²) in [7, 11) is 0. The molecule has 0 unspecified atom stereocenters. The Labute approximate surface area is 115 Å². The van der Waals surface area contributed by atoms with E-state index in [2.05, 4.69) is 18.7 Å². The van der Waals surface area contributed by atoms with Gasteiger partial charge < -0.3 is 20.4 Å².